The number of carbonyl (C=O) groups excluding carboxylic acids is 2. The van der Waals surface area contributed by atoms with Gasteiger partial charge in [0.1, 0.15) is 0 Å². The molecule has 37 heavy (non-hydrogen) atoms. The highest BCUT2D eigenvalue weighted by Gasteiger charge is 2.40. The zero-order valence-corrected chi connectivity index (χ0v) is 21.2. The summed E-state index contributed by atoms with van der Waals surface area (Å²) in [5.74, 6) is -0.813. The number of anilines is 2. The lowest BCUT2D eigenvalue weighted by molar-refractivity contribution is -0.142. The first-order valence-electron chi connectivity index (χ1n) is 13.0. The number of amides is 2. The summed E-state index contributed by atoms with van der Waals surface area (Å²) in [6, 6.07) is 14.7. The third kappa shape index (κ3) is 7.03. The zero-order valence-electron chi connectivity index (χ0n) is 21.2. The normalized spacial score (nSPS) is 17.7. The van der Waals surface area contributed by atoms with Gasteiger partial charge in [-0.05, 0) is 74.2 Å². The molecule has 0 radical (unpaired) electrons. The Morgan fingerprint density at radius 1 is 0.946 bits per heavy atom. The highest BCUT2D eigenvalue weighted by atomic mass is 19.4. The van der Waals surface area contributed by atoms with Crippen molar-refractivity contribution >= 4 is 23.2 Å². The standard InChI is InChI=1S/C28H35F3N4O2/c1-2-16-34-17-19-35(20-18-34)24-10-4-21(5-11-24)26(37)33-27(13-3-14-27)22-6-8-23(9-7-22)32-25(36)12-15-28(29,30)31/h4-11H,2-3,12-20H2,1H3,(H,32,36)(H,33,37). The Kier molecular flexibility index (Phi) is 8.42. The van der Waals surface area contributed by atoms with E-state index in [1.807, 2.05) is 36.4 Å². The van der Waals surface area contributed by atoms with Gasteiger partial charge in [0.05, 0.1) is 12.0 Å². The van der Waals surface area contributed by atoms with Crippen molar-refractivity contribution in [1.29, 1.82) is 0 Å². The van der Waals surface area contributed by atoms with E-state index in [0.29, 0.717) is 11.3 Å². The Morgan fingerprint density at radius 2 is 1.59 bits per heavy atom. The fourth-order valence-corrected chi connectivity index (χ4v) is 5.03. The first-order chi connectivity index (χ1) is 17.7. The van der Waals surface area contributed by atoms with E-state index in [1.54, 1.807) is 12.1 Å². The summed E-state index contributed by atoms with van der Waals surface area (Å²) >= 11 is 0. The van der Waals surface area contributed by atoms with E-state index in [-0.39, 0.29) is 5.91 Å². The summed E-state index contributed by atoms with van der Waals surface area (Å²) in [6.45, 7) is 7.39. The van der Waals surface area contributed by atoms with Gasteiger partial charge in [0, 0.05) is 49.5 Å². The summed E-state index contributed by atoms with van der Waals surface area (Å²) in [6.07, 6.45) is -2.37. The fourth-order valence-electron chi connectivity index (χ4n) is 5.03. The summed E-state index contributed by atoms with van der Waals surface area (Å²) in [5.41, 5.74) is 2.60. The molecule has 6 nitrogen and oxygen atoms in total. The lowest BCUT2D eigenvalue weighted by Gasteiger charge is -2.43. The SMILES string of the molecule is CCCN1CCN(c2ccc(C(=O)NC3(c4ccc(NC(=O)CCC(F)(F)F)cc4)CCC3)cc2)CC1. The summed E-state index contributed by atoms with van der Waals surface area (Å²) < 4.78 is 37.0. The van der Waals surface area contributed by atoms with Crippen molar-refractivity contribution < 1.29 is 22.8 Å². The highest BCUT2D eigenvalue weighted by molar-refractivity contribution is 5.95. The third-order valence-electron chi connectivity index (χ3n) is 7.32. The second-order valence-electron chi connectivity index (χ2n) is 10.0. The maximum atomic E-state index is 13.1. The number of nitrogens with one attached hydrogen (secondary N) is 2. The molecule has 9 heteroatoms. The molecule has 0 aromatic heterocycles. The van der Waals surface area contributed by atoms with Gasteiger partial charge in [-0.2, -0.15) is 13.2 Å². The molecule has 2 aromatic rings. The minimum absolute atomic E-state index is 0.136. The van der Waals surface area contributed by atoms with Crippen LogP contribution in [0, 0.1) is 0 Å². The molecule has 200 valence electrons. The maximum Gasteiger partial charge on any atom is 0.389 e. The molecule has 4 rings (SSSR count). The molecule has 1 aliphatic heterocycles. The monoisotopic (exact) mass is 516 g/mol. The molecule has 0 unspecified atom stereocenters. The van der Waals surface area contributed by atoms with E-state index in [9.17, 15) is 22.8 Å². The summed E-state index contributed by atoms with van der Waals surface area (Å²) in [5, 5.41) is 5.71. The Labute approximate surface area is 216 Å². The minimum atomic E-state index is -4.36. The van der Waals surface area contributed by atoms with Crippen molar-refractivity contribution in [3.63, 3.8) is 0 Å². The number of alkyl halides is 3. The van der Waals surface area contributed by atoms with Gasteiger partial charge in [0.2, 0.25) is 5.91 Å². The summed E-state index contributed by atoms with van der Waals surface area (Å²) in [7, 11) is 0. The van der Waals surface area contributed by atoms with Gasteiger partial charge >= 0.3 is 6.18 Å². The zero-order chi connectivity index (χ0) is 26.5. The van der Waals surface area contributed by atoms with Gasteiger partial charge in [-0.15, -0.1) is 0 Å². The quantitative estimate of drug-likeness (QED) is 0.474. The van der Waals surface area contributed by atoms with Crippen molar-refractivity contribution in [3.05, 3.63) is 59.7 Å². The molecule has 0 atom stereocenters. The molecule has 0 bridgehead atoms. The first kappa shape index (κ1) is 27.0. The summed E-state index contributed by atoms with van der Waals surface area (Å²) in [4.78, 5) is 29.7. The Balaban J connectivity index is 1.34. The van der Waals surface area contributed by atoms with Gasteiger partial charge in [0.15, 0.2) is 0 Å². The van der Waals surface area contributed by atoms with Crippen molar-refractivity contribution in [2.45, 2.75) is 57.2 Å². The van der Waals surface area contributed by atoms with E-state index in [0.717, 1.165) is 69.7 Å². The van der Waals surface area contributed by atoms with Gasteiger partial charge in [-0.1, -0.05) is 19.1 Å². The largest absolute Gasteiger partial charge is 0.389 e. The van der Waals surface area contributed by atoms with E-state index in [1.165, 1.54) is 0 Å². The van der Waals surface area contributed by atoms with Crippen LogP contribution in [0.2, 0.25) is 0 Å². The number of piperazine rings is 1. The number of hydrogen-bond donors (Lipinski definition) is 2. The minimum Gasteiger partial charge on any atom is -0.369 e. The van der Waals surface area contributed by atoms with Crippen LogP contribution in [0.4, 0.5) is 24.5 Å². The van der Waals surface area contributed by atoms with Crippen molar-refractivity contribution in [2.75, 3.05) is 42.9 Å². The molecule has 2 aliphatic rings. The molecule has 1 aliphatic carbocycles. The van der Waals surface area contributed by atoms with Crippen LogP contribution in [-0.2, 0) is 10.3 Å². The van der Waals surface area contributed by atoms with Crippen molar-refractivity contribution in [3.8, 4) is 0 Å². The average Bonchev–Trinajstić information content (AvgIpc) is 2.86. The van der Waals surface area contributed by atoms with Crippen LogP contribution in [-0.4, -0.2) is 55.6 Å². The molecule has 2 fully saturated rings. The molecule has 0 spiro atoms. The Hall–Kier alpha value is -3.07. The van der Waals surface area contributed by atoms with Gasteiger partial charge in [-0.25, -0.2) is 0 Å². The third-order valence-corrected chi connectivity index (χ3v) is 7.32. The first-order valence-corrected chi connectivity index (χ1v) is 13.0. The predicted molar refractivity (Wildman–Crippen MR) is 139 cm³/mol. The van der Waals surface area contributed by atoms with Crippen molar-refractivity contribution in [1.82, 2.24) is 10.2 Å². The second-order valence-corrected chi connectivity index (χ2v) is 10.0. The van der Waals surface area contributed by atoms with E-state index in [4.69, 9.17) is 0 Å². The van der Waals surface area contributed by atoms with Crippen LogP contribution >= 0.6 is 0 Å². The number of carbonyl (C=O) groups is 2. The van der Waals surface area contributed by atoms with E-state index >= 15 is 0 Å². The van der Waals surface area contributed by atoms with Crippen LogP contribution in [0.5, 0.6) is 0 Å². The molecular formula is C28H35F3N4O2. The van der Waals surface area contributed by atoms with E-state index in [2.05, 4.69) is 27.4 Å². The molecule has 2 N–H and O–H groups in total. The highest BCUT2D eigenvalue weighted by Crippen LogP contribution is 2.42. The van der Waals surface area contributed by atoms with Crippen LogP contribution in [0.15, 0.2) is 48.5 Å². The van der Waals surface area contributed by atoms with Crippen LogP contribution in [0.1, 0.15) is 61.4 Å². The van der Waals surface area contributed by atoms with Crippen LogP contribution in [0.3, 0.4) is 0 Å². The molecule has 1 saturated heterocycles. The van der Waals surface area contributed by atoms with Gasteiger partial charge in [-0.3, -0.25) is 14.5 Å². The maximum absolute atomic E-state index is 13.1. The van der Waals surface area contributed by atoms with Crippen molar-refractivity contribution in [2.24, 2.45) is 0 Å². The number of hydrogen-bond acceptors (Lipinski definition) is 4. The topological polar surface area (TPSA) is 64.7 Å². The average molecular weight is 517 g/mol. The molecular weight excluding hydrogens is 481 g/mol. The number of halogens is 3. The molecule has 1 heterocycles. The lowest BCUT2D eigenvalue weighted by Crippen LogP contribution is -2.50. The number of nitrogens with zero attached hydrogens (tertiary/aromatic N) is 2. The molecule has 2 aromatic carbocycles. The fraction of sp³-hybridized carbons (Fsp3) is 0.500. The number of benzene rings is 2. The van der Waals surface area contributed by atoms with E-state index < -0.39 is 30.5 Å². The Morgan fingerprint density at radius 3 is 2.14 bits per heavy atom. The van der Waals surface area contributed by atoms with Crippen LogP contribution < -0.4 is 15.5 Å². The van der Waals surface area contributed by atoms with Gasteiger partial charge < -0.3 is 15.5 Å². The molecule has 2 amide bonds. The lowest BCUT2D eigenvalue weighted by atomic mass is 9.71. The smallest absolute Gasteiger partial charge is 0.369 e. The second kappa shape index (κ2) is 11.5. The predicted octanol–water partition coefficient (Wildman–Crippen LogP) is 5.31. The Bertz CT molecular complexity index is 1060. The van der Waals surface area contributed by atoms with Gasteiger partial charge in [0.25, 0.3) is 5.91 Å². The van der Waals surface area contributed by atoms with Crippen LogP contribution in [0.25, 0.3) is 0 Å². The number of rotatable bonds is 9. The molecule has 1 saturated carbocycles.